The third-order valence-corrected chi connectivity index (χ3v) is 5.15. The fourth-order valence-electron chi connectivity index (χ4n) is 4.08. The predicted molar refractivity (Wildman–Crippen MR) is 92.8 cm³/mol. The van der Waals surface area contributed by atoms with Gasteiger partial charge in [-0.05, 0) is 25.9 Å². The Morgan fingerprint density at radius 3 is 2.62 bits per heavy atom. The quantitative estimate of drug-likeness (QED) is 0.837. The maximum atomic E-state index is 12.2. The number of carbonyl (C=O) groups is 1. The van der Waals surface area contributed by atoms with Gasteiger partial charge in [-0.25, -0.2) is 4.98 Å². The molecule has 1 fully saturated rings. The van der Waals surface area contributed by atoms with E-state index in [0.29, 0.717) is 0 Å². The Labute approximate surface area is 147 Å². The Morgan fingerprint density at radius 1 is 1.25 bits per heavy atom. The molecular formula is C16H23ClN6O. The molecule has 1 saturated heterocycles. The topological polar surface area (TPSA) is 68.0 Å². The summed E-state index contributed by atoms with van der Waals surface area (Å²) in [6, 6.07) is 0. The second-order valence-electron chi connectivity index (χ2n) is 6.47. The lowest BCUT2D eigenvalue weighted by atomic mass is 9.83. The summed E-state index contributed by atoms with van der Waals surface area (Å²) in [6.45, 7) is 5.03. The van der Waals surface area contributed by atoms with Crippen LogP contribution in [0, 0.1) is 0 Å². The zero-order valence-electron chi connectivity index (χ0n) is 14.0. The van der Waals surface area contributed by atoms with Crippen molar-refractivity contribution in [3.63, 3.8) is 0 Å². The van der Waals surface area contributed by atoms with Gasteiger partial charge in [0.2, 0.25) is 5.91 Å². The van der Waals surface area contributed by atoms with Crippen LogP contribution in [-0.2, 0) is 23.9 Å². The van der Waals surface area contributed by atoms with Gasteiger partial charge in [-0.1, -0.05) is 0 Å². The SMILES string of the molecule is CC(=O)N1CCn2c(-c3cnn(C)c3)cnc2C12CCNCC2.Cl. The standard InChI is InChI=1S/C16H22N6O.ClH/c1-12(23)22-8-7-21-14(13-9-19-20(2)11-13)10-18-15(21)16(22)3-5-17-6-4-16;/h9-11,17H,3-8H2,1-2H3;1H. The Bertz CT molecular complexity index is 746. The third kappa shape index (κ3) is 2.43. The highest BCUT2D eigenvalue weighted by Gasteiger charge is 2.47. The highest BCUT2D eigenvalue weighted by Crippen LogP contribution is 2.41. The number of amides is 1. The van der Waals surface area contributed by atoms with Crippen molar-refractivity contribution >= 4 is 18.3 Å². The summed E-state index contributed by atoms with van der Waals surface area (Å²) in [5.74, 6) is 1.17. The van der Waals surface area contributed by atoms with Gasteiger partial charge in [0.25, 0.3) is 0 Å². The fraction of sp³-hybridized carbons (Fsp3) is 0.562. The van der Waals surface area contributed by atoms with E-state index < -0.39 is 0 Å². The molecule has 2 aliphatic heterocycles. The number of hydrogen-bond donors (Lipinski definition) is 1. The van der Waals surface area contributed by atoms with Gasteiger partial charge in [-0.15, -0.1) is 12.4 Å². The lowest BCUT2D eigenvalue weighted by Gasteiger charge is -2.48. The van der Waals surface area contributed by atoms with Gasteiger partial charge in [0.15, 0.2) is 0 Å². The number of rotatable bonds is 1. The first-order chi connectivity index (χ1) is 11.1. The van der Waals surface area contributed by atoms with E-state index in [1.807, 2.05) is 30.5 Å². The van der Waals surface area contributed by atoms with Gasteiger partial charge >= 0.3 is 0 Å². The molecule has 1 amide bonds. The lowest BCUT2D eigenvalue weighted by Crippen LogP contribution is -2.58. The second-order valence-corrected chi connectivity index (χ2v) is 6.47. The molecule has 0 saturated carbocycles. The van der Waals surface area contributed by atoms with E-state index in [0.717, 1.165) is 56.1 Å². The van der Waals surface area contributed by atoms with Crippen LogP contribution in [0.2, 0.25) is 0 Å². The predicted octanol–water partition coefficient (Wildman–Crippen LogP) is 1.15. The van der Waals surface area contributed by atoms with Crippen LogP contribution in [0.25, 0.3) is 11.3 Å². The van der Waals surface area contributed by atoms with Gasteiger partial charge in [0, 0.05) is 38.8 Å². The van der Waals surface area contributed by atoms with Crippen molar-refractivity contribution in [3.8, 4) is 11.3 Å². The van der Waals surface area contributed by atoms with Crippen LogP contribution in [0.3, 0.4) is 0 Å². The summed E-state index contributed by atoms with van der Waals surface area (Å²) in [5, 5.41) is 7.67. The molecule has 4 heterocycles. The van der Waals surface area contributed by atoms with E-state index in [9.17, 15) is 4.79 Å². The Morgan fingerprint density at radius 2 is 2.00 bits per heavy atom. The maximum absolute atomic E-state index is 12.2. The monoisotopic (exact) mass is 350 g/mol. The lowest BCUT2D eigenvalue weighted by molar-refractivity contribution is -0.139. The van der Waals surface area contributed by atoms with Gasteiger partial charge in [0.05, 0.1) is 18.1 Å². The minimum Gasteiger partial charge on any atom is -0.328 e. The average Bonchev–Trinajstić information content (AvgIpc) is 3.14. The normalized spacial score (nSPS) is 19.0. The van der Waals surface area contributed by atoms with Crippen LogP contribution in [0.15, 0.2) is 18.6 Å². The Kier molecular flexibility index (Phi) is 4.40. The van der Waals surface area contributed by atoms with E-state index in [1.54, 1.807) is 11.6 Å². The Hall–Kier alpha value is -1.86. The summed E-state index contributed by atoms with van der Waals surface area (Å²) in [6.07, 6.45) is 7.64. The molecule has 0 atom stereocenters. The van der Waals surface area contributed by atoms with Crippen LogP contribution in [-0.4, -0.2) is 49.8 Å². The molecule has 0 aromatic carbocycles. The zero-order valence-corrected chi connectivity index (χ0v) is 14.8. The Balaban J connectivity index is 0.00000169. The van der Waals surface area contributed by atoms with E-state index >= 15 is 0 Å². The molecule has 24 heavy (non-hydrogen) atoms. The van der Waals surface area contributed by atoms with E-state index in [-0.39, 0.29) is 23.9 Å². The number of nitrogens with one attached hydrogen (secondary N) is 1. The third-order valence-electron chi connectivity index (χ3n) is 5.15. The average molecular weight is 351 g/mol. The van der Waals surface area contributed by atoms with Crippen molar-refractivity contribution in [2.45, 2.75) is 31.8 Å². The number of hydrogen-bond acceptors (Lipinski definition) is 4. The molecule has 2 aromatic rings. The highest BCUT2D eigenvalue weighted by atomic mass is 35.5. The first kappa shape index (κ1) is 17.0. The van der Waals surface area contributed by atoms with Crippen molar-refractivity contribution < 1.29 is 4.79 Å². The molecule has 0 aliphatic carbocycles. The number of piperidine rings is 1. The van der Waals surface area contributed by atoms with Crippen molar-refractivity contribution in [2.75, 3.05) is 19.6 Å². The number of aryl methyl sites for hydroxylation is 1. The van der Waals surface area contributed by atoms with Crippen LogP contribution in [0.1, 0.15) is 25.6 Å². The molecule has 1 spiro atoms. The number of fused-ring (bicyclic) bond motifs is 2. The van der Waals surface area contributed by atoms with Crippen molar-refractivity contribution in [1.82, 2.24) is 29.5 Å². The van der Waals surface area contributed by atoms with Crippen molar-refractivity contribution in [1.29, 1.82) is 0 Å². The zero-order chi connectivity index (χ0) is 16.0. The summed E-state index contributed by atoms with van der Waals surface area (Å²) >= 11 is 0. The molecule has 0 unspecified atom stereocenters. The molecular weight excluding hydrogens is 328 g/mol. The van der Waals surface area contributed by atoms with Crippen LogP contribution >= 0.6 is 12.4 Å². The van der Waals surface area contributed by atoms with Crippen molar-refractivity contribution in [2.24, 2.45) is 7.05 Å². The molecule has 8 heteroatoms. The minimum absolute atomic E-state index is 0. The minimum atomic E-state index is -0.268. The van der Waals surface area contributed by atoms with Crippen LogP contribution in [0.5, 0.6) is 0 Å². The smallest absolute Gasteiger partial charge is 0.220 e. The molecule has 2 aliphatic rings. The first-order valence-corrected chi connectivity index (χ1v) is 8.16. The molecule has 4 rings (SSSR count). The molecule has 1 N–H and O–H groups in total. The first-order valence-electron chi connectivity index (χ1n) is 8.16. The summed E-state index contributed by atoms with van der Waals surface area (Å²) < 4.78 is 4.09. The van der Waals surface area contributed by atoms with E-state index in [1.165, 1.54) is 0 Å². The van der Waals surface area contributed by atoms with Crippen LogP contribution in [0.4, 0.5) is 0 Å². The van der Waals surface area contributed by atoms with Gasteiger partial charge in [0.1, 0.15) is 11.4 Å². The summed E-state index contributed by atoms with van der Waals surface area (Å²) in [7, 11) is 1.92. The van der Waals surface area contributed by atoms with Crippen LogP contribution < -0.4 is 5.32 Å². The molecule has 0 radical (unpaired) electrons. The van der Waals surface area contributed by atoms with Crippen molar-refractivity contribution in [3.05, 3.63) is 24.4 Å². The van der Waals surface area contributed by atoms with Gasteiger partial charge in [-0.3, -0.25) is 9.48 Å². The summed E-state index contributed by atoms with van der Waals surface area (Å²) in [4.78, 5) is 19.0. The van der Waals surface area contributed by atoms with Gasteiger partial charge < -0.3 is 14.8 Å². The molecule has 2 aromatic heterocycles. The summed E-state index contributed by atoms with van der Waals surface area (Å²) in [5.41, 5.74) is 1.90. The van der Waals surface area contributed by atoms with E-state index in [4.69, 9.17) is 4.98 Å². The number of nitrogens with zero attached hydrogens (tertiary/aromatic N) is 5. The largest absolute Gasteiger partial charge is 0.328 e. The second kappa shape index (κ2) is 6.22. The maximum Gasteiger partial charge on any atom is 0.220 e. The van der Waals surface area contributed by atoms with Gasteiger partial charge in [-0.2, -0.15) is 5.10 Å². The fourth-order valence-corrected chi connectivity index (χ4v) is 4.08. The molecule has 130 valence electrons. The molecule has 0 bridgehead atoms. The van der Waals surface area contributed by atoms with E-state index in [2.05, 4.69) is 15.0 Å². The number of carbonyl (C=O) groups excluding carboxylic acids is 1. The number of halogens is 1. The highest BCUT2D eigenvalue weighted by molar-refractivity contribution is 5.85. The number of aromatic nitrogens is 4. The molecule has 7 nitrogen and oxygen atoms in total. The number of imidazole rings is 1.